The zero-order valence-corrected chi connectivity index (χ0v) is 15.2. The molecule has 0 fully saturated rings. The fourth-order valence-electron chi connectivity index (χ4n) is 3.45. The van der Waals surface area contributed by atoms with Gasteiger partial charge in [0.15, 0.2) is 5.69 Å². The van der Waals surface area contributed by atoms with Crippen LogP contribution in [-0.4, -0.2) is 0 Å². The van der Waals surface area contributed by atoms with Gasteiger partial charge in [0, 0.05) is 0 Å². The summed E-state index contributed by atoms with van der Waals surface area (Å²) in [4.78, 5) is 3.52. The molecule has 0 N–H and O–H groups in total. The maximum absolute atomic E-state index is 7.20. The van der Waals surface area contributed by atoms with Gasteiger partial charge in [0.1, 0.15) is 0 Å². The zero-order chi connectivity index (χ0) is 18.6. The van der Waals surface area contributed by atoms with Crippen molar-refractivity contribution in [3.63, 3.8) is 0 Å². The van der Waals surface area contributed by atoms with Crippen LogP contribution in [0.3, 0.4) is 0 Å². The average Bonchev–Trinajstić information content (AvgIpc) is 2.75. The van der Waals surface area contributed by atoms with Crippen molar-refractivity contribution in [3.05, 3.63) is 114 Å². The largest absolute Gasteiger partial charge is 0.238 e. The average molecular weight is 345 g/mol. The molecular formula is C26H19N. The lowest BCUT2D eigenvalue weighted by molar-refractivity contribution is 1.45. The van der Waals surface area contributed by atoms with Gasteiger partial charge in [-0.05, 0) is 51.9 Å². The highest BCUT2D eigenvalue weighted by Gasteiger charge is 2.12. The van der Waals surface area contributed by atoms with Gasteiger partial charge >= 0.3 is 0 Å². The van der Waals surface area contributed by atoms with Crippen molar-refractivity contribution in [2.45, 2.75) is 6.92 Å². The second-order valence-electron chi connectivity index (χ2n) is 6.60. The first kappa shape index (κ1) is 16.8. The predicted molar refractivity (Wildman–Crippen MR) is 114 cm³/mol. The third kappa shape index (κ3) is 3.38. The summed E-state index contributed by atoms with van der Waals surface area (Å²) in [5, 5.41) is 0. The molecule has 0 aliphatic heterocycles. The quantitative estimate of drug-likeness (QED) is 0.338. The maximum Gasteiger partial charge on any atom is 0.187 e. The molecule has 0 aromatic heterocycles. The third-order valence-electron chi connectivity index (χ3n) is 4.84. The van der Waals surface area contributed by atoms with E-state index in [1.54, 1.807) is 0 Å². The number of rotatable bonds is 3. The summed E-state index contributed by atoms with van der Waals surface area (Å²) in [6.07, 6.45) is 0. The Bertz CT molecular complexity index is 1100. The topological polar surface area (TPSA) is 4.36 Å². The van der Waals surface area contributed by atoms with E-state index in [-0.39, 0.29) is 0 Å². The molecule has 1 nitrogen and oxygen atoms in total. The van der Waals surface area contributed by atoms with E-state index in [2.05, 4.69) is 72.4 Å². The van der Waals surface area contributed by atoms with Gasteiger partial charge in [-0.15, -0.1) is 0 Å². The minimum absolute atomic E-state index is 0.662. The van der Waals surface area contributed by atoms with Crippen LogP contribution in [0.2, 0.25) is 0 Å². The van der Waals surface area contributed by atoms with Crippen LogP contribution in [0.1, 0.15) is 5.56 Å². The Hall–Kier alpha value is -3.63. The van der Waals surface area contributed by atoms with E-state index in [1.165, 1.54) is 33.4 Å². The summed E-state index contributed by atoms with van der Waals surface area (Å²) in [7, 11) is 0. The molecule has 0 amide bonds. The summed E-state index contributed by atoms with van der Waals surface area (Å²) >= 11 is 0. The van der Waals surface area contributed by atoms with E-state index in [9.17, 15) is 0 Å². The summed E-state index contributed by atoms with van der Waals surface area (Å²) in [5.41, 5.74) is 9.08. The fourth-order valence-corrected chi connectivity index (χ4v) is 3.45. The van der Waals surface area contributed by atoms with Gasteiger partial charge in [-0.1, -0.05) is 91.0 Å². The van der Waals surface area contributed by atoms with Gasteiger partial charge in [-0.25, -0.2) is 4.85 Å². The SMILES string of the molecule is [C-]#[N+]c1ccc(-c2cc(-c3ccccc3)c(C)cc2-c2ccccc2)cc1. The van der Waals surface area contributed by atoms with E-state index < -0.39 is 0 Å². The predicted octanol–water partition coefficient (Wildman–Crippen LogP) is 7.55. The monoisotopic (exact) mass is 345 g/mol. The van der Waals surface area contributed by atoms with Crippen molar-refractivity contribution in [2.75, 3.05) is 0 Å². The van der Waals surface area contributed by atoms with Crippen molar-refractivity contribution in [3.8, 4) is 33.4 Å². The molecule has 1 heteroatoms. The summed E-state index contributed by atoms with van der Waals surface area (Å²) in [6.45, 7) is 9.36. The molecule has 27 heavy (non-hydrogen) atoms. The van der Waals surface area contributed by atoms with Gasteiger partial charge in [0.05, 0.1) is 6.57 Å². The molecule has 128 valence electrons. The molecule has 0 bridgehead atoms. The Balaban J connectivity index is 1.96. The molecule has 0 aliphatic carbocycles. The summed E-state index contributed by atoms with van der Waals surface area (Å²) < 4.78 is 0. The number of aryl methyl sites for hydroxylation is 1. The fraction of sp³-hybridized carbons (Fsp3) is 0.0385. The molecule has 0 spiro atoms. The van der Waals surface area contributed by atoms with Crippen molar-refractivity contribution in [1.29, 1.82) is 0 Å². The first-order valence-electron chi connectivity index (χ1n) is 8.99. The van der Waals surface area contributed by atoms with E-state index >= 15 is 0 Å². The summed E-state index contributed by atoms with van der Waals surface area (Å²) in [6, 6.07) is 33.4. The van der Waals surface area contributed by atoms with E-state index in [1.807, 2.05) is 36.4 Å². The lowest BCUT2D eigenvalue weighted by atomic mass is 9.88. The van der Waals surface area contributed by atoms with Crippen LogP contribution >= 0.6 is 0 Å². The van der Waals surface area contributed by atoms with Gasteiger partial charge in [-0.3, -0.25) is 0 Å². The van der Waals surface area contributed by atoms with Crippen LogP contribution in [0.15, 0.2) is 97.1 Å². The van der Waals surface area contributed by atoms with Crippen LogP contribution < -0.4 is 0 Å². The minimum atomic E-state index is 0.662. The van der Waals surface area contributed by atoms with E-state index in [4.69, 9.17) is 6.57 Å². The van der Waals surface area contributed by atoms with E-state index in [0.29, 0.717) is 5.69 Å². The minimum Gasteiger partial charge on any atom is -0.238 e. The van der Waals surface area contributed by atoms with Crippen molar-refractivity contribution < 1.29 is 0 Å². The van der Waals surface area contributed by atoms with Crippen LogP contribution in [0, 0.1) is 13.5 Å². The zero-order valence-electron chi connectivity index (χ0n) is 15.2. The van der Waals surface area contributed by atoms with Gasteiger partial charge in [0.25, 0.3) is 0 Å². The molecular weight excluding hydrogens is 326 g/mol. The molecule has 0 aliphatic rings. The molecule has 0 unspecified atom stereocenters. The lowest BCUT2D eigenvalue weighted by Crippen LogP contribution is -1.91. The Morgan fingerprint density at radius 2 is 1.04 bits per heavy atom. The second kappa shape index (κ2) is 7.32. The maximum atomic E-state index is 7.20. The first-order valence-corrected chi connectivity index (χ1v) is 8.99. The molecule has 0 atom stereocenters. The molecule has 4 aromatic rings. The first-order chi connectivity index (χ1) is 13.3. The Morgan fingerprint density at radius 1 is 0.556 bits per heavy atom. The van der Waals surface area contributed by atoms with E-state index in [0.717, 1.165) is 5.56 Å². The summed E-state index contributed by atoms with van der Waals surface area (Å²) in [5.74, 6) is 0. The number of benzene rings is 4. The Labute approximate surface area is 160 Å². The Kier molecular flexibility index (Phi) is 4.56. The van der Waals surface area contributed by atoms with Crippen LogP contribution in [0.5, 0.6) is 0 Å². The van der Waals surface area contributed by atoms with Crippen molar-refractivity contribution in [2.24, 2.45) is 0 Å². The highest BCUT2D eigenvalue weighted by molar-refractivity contribution is 5.88. The second-order valence-corrected chi connectivity index (χ2v) is 6.60. The van der Waals surface area contributed by atoms with Crippen molar-refractivity contribution >= 4 is 5.69 Å². The Morgan fingerprint density at radius 3 is 1.59 bits per heavy atom. The standard InChI is InChI=1S/C26H19N/c1-19-17-25(21-11-7-4-8-12-21)26(22-13-15-23(27-2)16-14-22)18-24(19)20-9-5-3-6-10-20/h3-18H,1H3. The molecule has 0 radical (unpaired) electrons. The smallest absolute Gasteiger partial charge is 0.187 e. The normalized spacial score (nSPS) is 10.4. The third-order valence-corrected chi connectivity index (χ3v) is 4.84. The van der Waals surface area contributed by atoms with Gasteiger partial charge < -0.3 is 0 Å². The van der Waals surface area contributed by atoms with Gasteiger partial charge in [-0.2, -0.15) is 0 Å². The highest BCUT2D eigenvalue weighted by atomic mass is 14.6. The molecule has 4 aromatic carbocycles. The molecule has 0 saturated carbocycles. The molecule has 4 rings (SSSR count). The molecule has 0 heterocycles. The number of nitrogens with zero attached hydrogens (tertiary/aromatic N) is 1. The van der Waals surface area contributed by atoms with Crippen molar-refractivity contribution in [1.82, 2.24) is 0 Å². The highest BCUT2D eigenvalue weighted by Crippen LogP contribution is 2.38. The van der Waals surface area contributed by atoms with Gasteiger partial charge in [0.2, 0.25) is 0 Å². The van der Waals surface area contributed by atoms with Crippen LogP contribution in [-0.2, 0) is 0 Å². The van der Waals surface area contributed by atoms with Crippen LogP contribution in [0.25, 0.3) is 38.2 Å². The number of hydrogen-bond acceptors (Lipinski definition) is 0. The molecule has 0 saturated heterocycles. The lowest BCUT2D eigenvalue weighted by Gasteiger charge is -2.16. The van der Waals surface area contributed by atoms with Crippen LogP contribution in [0.4, 0.5) is 5.69 Å². The number of hydrogen-bond donors (Lipinski definition) is 0.